The van der Waals surface area contributed by atoms with Crippen LogP contribution in [0.3, 0.4) is 0 Å². The van der Waals surface area contributed by atoms with E-state index in [4.69, 9.17) is 0 Å². The van der Waals surface area contributed by atoms with E-state index in [1.165, 1.54) is 0 Å². The Balaban J connectivity index is 1.55. The highest BCUT2D eigenvalue weighted by molar-refractivity contribution is 5.91. The summed E-state index contributed by atoms with van der Waals surface area (Å²) in [5.74, 6) is 0.928. The fraction of sp³-hybridized carbons (Fsp3) is 0.235. The van der Waals surface area contributed by atoms with Gasteiger partial charge < -0.3 is 9.80 Å². The summed E-state index contributed by atoms with van der Waals surface area (Å²) in [5, 5.41) is 0. The molecule has 1 aliphatic heterocycles. The summed E-state index contributed by atoms with van der Waals surface area (Å²) in [6.45, 7) is 2.97. The number of anilines is 1. The molecule has 1 fully saturated rings. The number of benzene rings is 1. The summed E-state index contributed by atoms with van der Waals surface area (Å²) < 4.78 is 0. The Morgan fingerprint density at radius 2 is 1.82 bits per heavy atom. The van der Waals surface area contributed by atoms with Gasteiger partial charge in [0.05, 0.1) is 6.20 Å². The maximum atomic E-state index is 12.2. The maximum Gasteiger partial charge on any atom is 0.246 e. The fourth-order valence-corrected chi connectivity index (χ4v) is 2.45. The molecule has 5 nitrogen and oxygen atoms in total. The number of nitrogens with zero attached hydrogens (tertiary/aromatic N) is 4. The van der Waals surface area contributed by atoms with Gasteiger partial charge in [-0.1, -0.05) is 30.3 Å². The molecule has 3 rings (SSSR count). The smallest absolute Gasteiger partial charge is 0.246 e. The molecule has 0 aliphatic carbocycles. The molecule has 0 bridgehead atoms. The number of aromatic nitrogens is 2. The molecule has 0 radical (unpaired) electrons. The van der Waals surface area contributed by atoms with E-state index >= 15 is 0 Å². The molecule has 1 saturated heterocycles. The van der Waals surface area contributed by atoms with E-state index < -0.39 is 0 Å². The summed E-state index contributed by atoms with van der Waals surface area (Å²) >= 11 is 0. The molecule has 112 valence electrons. The second kappa shape index (κ2) is 6.85. The van der Waals surface area contributed by atoms with E-state index in [0.717, 1.165) is 24.5 Å². The van der Waals surface area contributed by atoms with Crippen LogP contribution < -0.4 is 4.90 Å². The van der Waals surface area contributed by atoms with Crippen LogP contribution in [0.4, 0.5) is 5.82 Å². The largest absolute Gasteiger partial charge is 0.352 e. The van der Waals surface area contributed by atoms with Gasteiger partial charge in [-0.3, -0.25) is 9.78 Å². The molecule has 0 atom stereocenters. The van der Waals surface area contributed by atoms with E-state index in [9.17, 15) is 4.79 Å². The first-order valence-electron chi connectivity index (χ1n) is 7.36. The van der Waals surface area contributed by atoms with E-state index in [1.807, 2.05) is 41.3 Å². The molecule has 22 heavy (non-hydrogen) atoms. The van der Waals surface area contributed by atoms with Crippen molar-refractivity contribution >= 4 is 17.8 Å². The third-order valence-corrected chi connectivity index (χ3v) is 3.68. The van der Waals surface area contributed by atoms with E-state index in [0.29, 0.717) is 13.1 Å². The highest BCUT2D eigenvalue weighted by atomic mass is 16.2. The van der Waals surface area contributed by atoms with Crippen molar-refractivity contribution in [3.8, 4) is 0 Å². The second-order valence-electron chi connectivity index (χ2n) is 5.12. The predicted molar refractivity (Wildman–Crippen MR) is 86.3 cm³/mol. The zero-order valence-corrected chi connectivity index (χ0v) is 12.3. The van der Waals surface area contributed by atoms with E-state index in [2.05, 4.69) is 14.9 Å². The summed E-state index contributed by atoms with van der Waals surface area (Å²) in [6.07, 6.45) is 8.62. The molecule has 0 N–H and O–H groups in total. The minimum atomic E-state index is 0.0580. The zero-order valence-electron chi connectivity index (χ0n) is 12.3. The van der Waals surface area contributed by atoms with Gasteiger partial charge in [-0.2, -0.15) is 0 Å². The summed E-state index contributed by atoms with van der Waals surface area (Å²) in [7, 11) is 0. The van der Waals surface area contributed by atoms with Crippen molar-refractivity contribution in [1.82, 2.24) is 14.9 Å². The quantitative estimate of drug-likeness (QED) is 0.811. The average molecular weight is 294 g/mol. The van der Waals surface area contributed by atoms with Gasteiger partial charge in [0.25, 0.3) is 0 Å². The van der Waals surface area contributed by atoms with Crippen LogP contribution in [0.1, 0.15) is 5.56 Å². The Kier molecular flexibility index (Phi) is 4.44. The molecule has 1 amide bonds. The normalized spacial score (nSPS) is 15.3. The summed E-state index contributed by atoms with van der Waals surface area (Å²) in [6, 6.07) is 9.85. The SMILES string of the molecule is O=C(C=Cc1ccccc1)N1CCN(c2cnccn2)CC1. The van der Waals surface area contributed by atoms with E-state index in [1.54, 1.807) is 24.7 Å². The molecule has 2 aromatic rings. The first kappa shape index (κ1) is 14.3. The topological polar surface area (TPSA) is 49.3 Å². The predicted octanol–water partition coefficient (Wildman–Crippen LogP) is 1.84. The second-order valence-corrected chi connectivity index (χ2v) is 5.12. The lowest BCUT2D eigenvalue weighted by Gasteiger charge is -2.34. The van der Waals surface area contributed by atoms with Crippen molar-refractivity contribution in [3.63, 3.8) is 0 Å². The number of carbonyl (C=O) groups is 1. The molecule has 2 heterocycles. The van der Waals surface area contributed by atoms with Gasteiger partial charge in [0.2, 0.25) is 5.91 Å². The maximum absolute atomic E-state index is 12.2. The summed E-state index contributed by atoms with van der Waals surface area (Å²) in [4.78, 5) is 24.6. The zero-order chi connectivity index (χ0) is 15.2. The van der Waals surface area contributed by atoms with Crippen molar-refractivity contribution in [2.24, 2.45) is 0 Å². The van der Waals surface area contributed by atoms with Gasteiger partial charge >= 0.3 is 0 Å². The minimum absolute atomic E-state index is 0.0580. The van der Waals surface area contributed by atoms with Crippen molar-refractivity contribution in [2.75, 3.05) is 31.1 Å². The number of hydrogen-bond acceptors (Lipinski definition) is 4. The highest BCUT2D eigenvalue weighted by Gasteiger charge is 2.20. The van der Waals surface area contributed by atoms with Gasteiger partial charge in [0.1, 0.15) is 5.82 Å². The Bertz CT molecular complexity index is 634. The number of carbonyl (C=O) groups excluding carboxylic acids is 1. The molecular weight excluding hydrogens is 276 g/mol. The number of amides is 1. The van der Waals surface area contributed by atoms with Crippen LogP contribution in [0.5, 0.6) is 0 Å². The molecular formula is C17H18N4O. The molecule has 1 aromatic carbocycles. The first-order valence-corrected chi connectivity index (χ1v) is 7.36. The van der Waals surface area contributed by atoms with Crippen LogP contribution >= 0.6 is 0 Å². The van der Waals surface area contributed by atoms with Gasteiger partial charge in [-0.05, 0) is 11.6 Å². The van der Waals surface area contributed by atoms with Crippen LogP contribution in [0.25, 0.3) is 6.08 Å². The highest BCUT2D eigenvalue weighted by Crippen LogP contribution is 2.12. The lowest BCUT2D eigenvalue weighted by molar-refractivity contribution is -0.126. The van der Waals surface area contributed by atoms with Crippen LogP contribution in [-0.4, -0.2) is 47.0 Å². The van der Waals surface area contributed by atoms with Crippen LogP contribution in [0.2, 0.25) is 0 Å². The third-order valence-electron chi connectivity index (χ3n) is 3.68. The minimum Gasteiger partial charge on any atom is -0.352 e. The van der Waals surface area contributed by atoms with Crippen molar-refractivity contribution in [2.45, 2.75) is 0 Å². The number of hydrogen-bond donors (Lipinski definition) is 0. The number of piperazine rings is 1. The lowest BCUT2D eigenvalue weighted by atomic mass is 10.2. The Labute approximate surface area is 129 Å². The monoisotopic (exact) mass is 294 g/mol. The molecule has 1 aromatic heterocycles. The van der Waals surface area contributed by atoms with Crippen LogP contribution in [0.15, 0.2) is 55.0 Å². The van der Waals surface area contributed by atoms with Gasteiger partial charge in [-0.15, -0.1) is 0 Å². The van der Waals surface area contributed by atoms with Crippen molar-refractivity contribution < 1.29 is 4.79 Å². The molecule has 5 heteroatoms. The molecule has 0 saturated carbocycles. The van der Waals surface area contributed by atoms with Crippen LogP contribution in [0, 0.1) is 0 Å². The molecule has 1 aliphatic rings. The Hall–Kier alpha value is -2.69. The Morgan fingerprint density at radius 1 is 1.05 bits per heavy atom. The first-order chi connectivity index (χ1) is 10.8. The lowest BCUT2D eigenvalue weighted by Crippen LogP contribution is -2.48. The van der Waals surface area contributed by atoms with Gasteiger partial charge in [-0.25, -0.2) is 4.98 Å². The van der Waals surface area contributed by atoms with Gasteiger partial charge in [0, 0.05) is 44.6 Å². The molecule has 0 unspecified atom stereocenters. The standard InChI is InChI=1S/C17H18N4O/c22-17(7-6-15-4-2-1-3-5-15)21-12-10-20(11-13-21)16-14-18-8-9-19-16/h1-9,14H,10-13H2. The number of rotatable bonds is 3. The van der Waals surface area contributed by atoms with Crippen molar-refractivity contribution in [3.05, 3.63) is 60.6 Å². The molecule has 0 spiro atoms. The summed E-state index contributed by atoms with van der Waals surface area (Å²) in [5.41, 5.74) is 1.04. The third kappa shape index (κ3) is 3.49. The van der Waals surface area contributed by atoms with Crippen molar-refractivity contribution in [1.29, 1.82) is 0 Å². The van der Waals surface area contributed by atoms with E-state index in [-0.39, 0.29) is 5.91 Å². The van der Waals surface area contributed by atoms with Crippen LogP contribution in [-0.2, 0) is 4.79 Å². The average Bonchev–Trinajstić information content (AvgIpc) is 2.61. The fourth-order valence-electron chi connectivity index (χ4n) is 2.45. The van der Waals surface area contributed by atoms with Gasteiger partial charge in [0.15, 0.2) is 0 Å². The Morgan fingerprint density at radius 3 is 2.50 bits per heavy atom.